The molecule has 0 saturated carbocycles. The molecule has 0 rings (SSSR count). The Hall–Kier alpha value is -0.703. The molecule has 0 spiro atoms. The molecular weight excluding hydrogens is 368 g/mol. The van der Waals surface area contributed by atoms with Crippen molar-refractivity contribution in [2.75, 3.05) is 7.11 Å². The fraction of sp³-hybridized carbons (Fsp3) is 0.852. The lowest BCUT2D eigenvalue weighted by atomic mass is 10.1. The van der Waals surface area contributed by atoms with Gasteiger partial charge in [-0.1, -0.05) is 124 Å². The molecule has 0 aliphatic carbocycles. The summed E-state index contributed by atoms with van der Waals surface area (Å²) in [5, 5.41) is 0. The van der Waals surface area contributed by atoms with Crippen molar-refractivity contribution in [1.82, 2.24) is 0 Å². The summed E-state index contributed by atoms with van der Waals surface area (Å²) in [6.07, 6.45) is 14.4. The van der Waals surface area contributed by atoms with Gasteiger partial charge in [-0.2, -0.15) is 0 Å². The van der Waals surface area contributed by atoms with Crippen LogP contribution in [0.3, 0.4) is 0 Å². The first-order valence-corrected chi connectivity index (χ1v) is 14.6. The zero-order valence-corrected chi connectivity index (χ0v) is 22.0. The van der Waals surface area contributed by atoms with Crippen LogP contribution in [0.5, 0.6) is 0 Å². The van der Waals surface area contributed by atoms with Gasteiger partial charge in [0.15, 0.2) is 6.10 Å². The van der Waals surface area contributed by atoms with Crippen LogP contribution in [0.25, 0.3) is 0 Å². The third-order valence-corrected chi connectivity index (χ3v) is 12.7. The average Bonchev–Trinajstić information content (AvgIpc) is 2.66. The molecule has 0 radical (unpaired) electrons. The maximum absolute atomic E-state index is 5.56. The average molecular weight is 419 g/mol. The van der Waals surface area contributed by atoms with Crippen molar-refractivity contribution >= 4 is 8.07 Å². The van der Waals surface area contributed by atoms with E-state index in [1.54, 1.807) is 7.11 Å². The highest BCUT2D eigenvalue weighted by atomic mass is 28.3. The van der Waals surface area contributed by atoms with Crippen LogP contribution in [0.2, 0.25) is 16.6 Å². The lowest BCUT2D eigenvalue weighted by Gasteiger charge is -2.38. The van der Waals surface area contributed by atoms with Gasteiger partial charge in [-0.15, -0.1) is 5.54 Å². The number of hydrogen-bond acceptors (Lipinski definition) is 1. The standard InChI is InChI=1S/C27H50OSi/c1-9-10-11-12-13-14-15-16-17-18-19-20-21-27(28-8)22-23-29(24(2)3,25(4)5)26(6)7/h24-27H,9-19H2,1-8H3. The van der Waals surface area contributed by atoms with Gasteiger partial charge < -0.3 is 4.74 Å². The maximum Gasteiger partial charge on any atom is 0.178 e. The van der Waals surface area contributed by atoms with E-state index in [0.717, 1.165) is 6.42 Å². The van der Waals surface area contributed by atoms with Crippen LogP contribution in [-0.2, 0) is 4.74 Å². The number of ether oxygens (including phenoxy) is 1. The SMILES string of the molecule is CCCCCCCCCCCCC#CC(C#C[Si](C(C)C)(C(C)C)C(C)C)OC. The van der Waals surface area contributed by atoms with Crippen molar-refractivity contribution < 1.29 is 4.74 Å². The van der Waals surface area contributed by atoms with Crippen LogP contribution in [0, 0.1) is 23.3 Å². The summed E-state index contributed by atoms with van der Waals surface area (Å²) in [5.41, 5.74) is 5.67. The van der Waals surface area contributed by atoms with Crippen LogP contribution < -0.4 is 0 Å². The Kier molecular flexibility index (Phi) is 16.6. The second kappa shape index (κ2) is 17.0. The molecule has 0 aliphatic rings. The molecule has 0 bridgehead atoms. The fourth-order valence-electron chi connectivity index (χ4n) is 4.64. The van der Waals surface area contributed by atoms with Gasteiger partial charge in [0.1, 0.15) is 8.07 Å². The second-order valence-corrected chi connectivity index (χ2v) is 15.1. The Morgan fingerprint density at radius 2 is 1.10 bits per heavy atom. The molecule has 1 unspecified atom stereocenters. The van der Waals surface area contributed by atoms with Crippen molar-refractivity contribution in [2.24, 2.45) is 0 Å². The lowest BCUT2D eigenvalue weighted by Crippen LogP contribution is -2.43. The van der Waals surface area contributed by atoms with E-state index in [2.05, 4.69) is 71.8 Å². The van der Waals surface area contributed by atoms with Crippen LogP contribution in [-0.4, -0.2) is 21.3 Å². The largest absolute Gasteiger partial charge is 0.357 e. The number of unbranched alkanes of at least 4 members (excludes halogenated alkanes) is 10. The zero-order chi connectivity index (χ0) is 22.1. The van der Waals surface area contributed by atoms with Gasteiger partial charge in [0.05, 0.1) is 0 Å². The minimum atomic E-state index is -1.70. The van der Waals surface area contributed by atoms with Crippen LogP contribution >= 0.6 is 0 Å². The Bertz CT molecular complexity index is 490. The normalized spacial score (nSPS) is 12.7. The fourth-order valence-corrected chi connectivity index (χ4v) is 9.89. The molecule has 0 aromatic heterocycles. The van der Waals surface area contributed by atoms with E-state index in [-0.39, 0.29) is 6.10 Å². The highest BCUT2D eigenvalue weighted by Gasteiger charge is 2.41. The summed E-state index contributed by atoms with van der Waals surface area (Å²) in [6.45, 7) is 16.4. The third-order valence-electron chi connectivity index (χ3n) is 6.41. The summed E-state index contributed by atoms with van der Waals surface area (Å²) in [7, 11) is 0.0344. The zero-order valence-electron chi connectivity index (χ0n) is 21.0. The molecule has 1 atom stereocenters. The predicted octanol–water partition coefficient (Wildman–Crippen LogP) is 8.54. The molecule has 0 aromatic rings. The summed E-state index contributed by atoms with van der Waals surface area (Å²) < 4.78 is 5.56. The van der Waals surface area contributed by atoms with Gasteiger partial charge in [-0.05, 0) is 23.0 Å². The van der Waals surface area contributed by atoms with Crippen LogP contribution in [0.4, 0.5) is 0 Å². The van der Waals surface area contributed by atoms with Gasteiger partial charge in [0.25, 0.3) is 0 Å². The Morgan fingerprint density at radius 1 is 0.655 bits per heavy atom. The van der Waals surface area contributed by atoms with E-state index in [1.165, 1.54) is 64.2 Å². The first kappa shape index (κ1) is 28.3. The van der Waals surface area contributed by atoms with Crippen LogP contribution in [0.15, 0.2) is 0 Å². The smallest absolute Gasteiger partial charge is 0.178 e. The van der Waals surface area contributed by atoms with Crippen molar-refractivity contribution in [3.05, 3.63) is 0 Å². The van der Waals surface area contributed by atoms with E-state index < -0.39 is 8.07 Å². The van der Waals surface area contributed by atoms with Gasteiger partial charge in [0, 0.05) is 13.5 Å². The molecule has 1 nitrogen and oxygen atoms in total. The minimum absolute atomic E-state index is 0.235. The molecule has 0 aromatic carbocycles. The van der Waals surface area contributed by atoms with Crippen molar-refractivity contribution in [1.29, 1.82) is 0 Å². The molecular formula is C27H50OSi. The van der Waals surface area contributed by atoms with Crippen LogP contribution in [0.1, 0.15) is 119 Å². The van der Waals surface area contributed by atoms with Crippen molar-refractivity contribution in [3.63, 3.8) is 0 Å². The molecule has 0 saturated heterocycles. The summed E-state index contributed by atoms with van der Waals surface area (Å²) >= 11 is 0. The van der Waals surface area contributed by atoms with E-state index in [4.69, 9.17) is 4.74 Å². The first-order chi connectivity index (χ1) is 13.8. The van der Waals surface area contributed by atoms with E-state index in [1.807, 2.05) is 0 Å². The van der Waals surface area contributed by atoms with Gasteiger partial charge in [0.2, 0.25) is 0 Å². The quantitative estimate of drug-likeness (QED) is 0.156. The summed E-state index contributed by atoms with van der Waals surface area (Å²) in [6, 6.07) is 0. The first-order valence-electron chi connectivity index (χ1n) is 12.4. The lowest BCUT2D eigenvalue weighted by molar-refractivity contribution is 0.191. The number of hydrogen-bond donors (Lipinski definition) is 0. The minimum Gasteiger partial charge on any atom is -0.357 e. The molecule has 2 heteroatoms. The highest BCUT2D eigenvalue weighted by molar-refractivity contribution is 6.90. The van der Waals surface area contributed by atoms with Gasteiger partial charge >= 0.3 is 0 Å². The van der Waals surface area contributed by atoms with Gasteiger partial charge in [-0.3, -0.25) is 0 Å². The predicted molar refractivity (Wildman–Crippen MR) is 134 cm³/mol. The Balaban J connectivity index is 4.36. The summed E-state index contributed by atoms with van der Waals surface area (Å²) in [5.74, 6) is 10.00. The maximum atomic E-state index is 5.56. The Morgan fingerprint density at radius 3 is 1.52 bits per heavy atom. The third kappa shape index (κ3) is 11.3. The molecule has 0 amide bonds. The highest BCUT2D eigenvalue weighted by Crippen LogP contribution is 2.40. The Labute approximate surface area is 185 Å². The van der Waals surface area contributed by atoms with E-state index in [9.17, 15) is 0 Å². The number of methoxy groups -OCH3 is 1. The van der Waals surface area contributed by atoms with Crippen molar-refractivity contribution in [3.8, 4) is 23.3 Å². The molecule has 168 valence electrons. The van der Waals surface area contributed by atoms with Crippen molar-refractivity contribution in [2.45, 2.75) is 142 Å². The molecule has 0 heterocycles. The molecule has 29 heavy (non-hydrogen) atoms. The molecule has 0 fully saturated rings. The van der Waals surface area contributed by atoms with E-state index in [0.29, 0.717) is 16.6 Å². The number of rotatable bonds is 14. The molecule has 0 aliphatic heterocycles. The molecule has 0 N–H and O–H groups in total. The summed E-state index contributed by atoms with van der Waals surface area (Å²) in [4.78, 5) is 0. The van der Waals surface area contributed by atoms with E-state index >= 15 is 0 Å². The monoisotopic (exact) mass is 418 g/mol. The van der Waals surface area contributed by atoms with Gasteiger partial charge in [-0.25, -0.2) is 0 Å². The topological polar surface area (TPSA) is 9.23 Å². The second-order valence-electron chi connectivity index (χ2n) is 9.54.